The molecule has 2 aromatic carbocycles. The third kappa shape index (κ3) is 2.65. The van der Waals surface area contributed by atoms with E-state index in [-0.39, 0.29) is 0 Å². The number of furan rings is 1. The summed E-state index contributed by atoms with van der Waals surface area (Å²) >= 11 is 0. The fraction of sp³-hybridized carbons (Fsp3) is 0.176. The number of methoxy groups -OCH3 is 2. The summed E-state index contributed by atoms with van der Waals surface area (Å²) in [6.07, 6.45) is 0. The van der Waals surface area contributed by atoms with E-state index in [2.05, 4.69) is 5.32 Å². The fourth-order valence-electron chi connectivity index (χ4n) is 2.31. The zero-order valence-electron chi connectivity index (χ0n) is 12.1. The van der Waals surface area contributed by atoms with Crippen molar-refractivity contribution in [3.8, 4) is 11.5 Å². The van der Waals surface area contributed by atoms with E-state index in [0.717, 1.165) is 33.9 Å². The van der Waals surface area contributed by atoms with E-state index >= 15 is 0 Å². The first-order valence-corrected chi connectivity index (χ1v) is 6.74. The Morgan fingerprint density at radius 2 is 1.71 bits per heavy atom. The number of fused-ring (bicyclic) bond motifs is 1. The molecule has 1 aromatic heterocycles. The SMILES string of the molecule is COc1ccccc1NCc1cc2cccc(OC)c2o1. The van der Waals surface area contributed by atoms with Gasteiger partial charge in [-0.2, -0.15) is 0 Å². The van der Waals surface area contributed by atoms with Crippen LogP contribution < -0.4 is 14.8 Å². The summed E-state index contributed by atoms with van der Waals surface area (Å²) in [5.41, 5.74) is 1.71. The minimum Gasteiger partial charge on any atom is -0.495 e. The van der Waals surface area contributed by atoms with Crippen LogP contribution in [0.15, 0.2) is 52.9 Å². The predicted octanol–water partition coefficient (Wildman–Crippen LogP) is 4.06. The van der Waals surface area contributed by atoms with Crippen molar-refractivity contribution < 1.29 is 13.9 Å². The van der Waals surface area contributed by atoms with Gasteiger partial charge in [0.15, 0.2) is 11.3 Å². The lowest BCUT2D eigenvalue weighted by atomic mass is 10.2. The fourth-order valence-corrected chi connectivity index (χ4v) is 2.31. The van der Waals surface area contributed by atoms with Crippen LogP contribution in [-0.2, 0) is 6.54 Å². The number of anilines is 1. The number of para-hydroxylation sites is 3. The first-order valence-electron chi connectivity index (χ1n) is 6.74. The molecule has 0 unspecified atom stereocenters. The lowest BCUT2D eigenvalue weighted by Crippen LogP contribution is -2.00. The van der Waals surface area contributed by atoms with Crippen LogP contribution in [0.5, 0.6) is 11.5 Å². The molecular weight excluding hydrogens is 266 g/mol. The Labute approximate surface area is 123 Å². The van der Waals surface area contributed by atoms with Crippen molar-refractivity contribution in [2.45, 2.75) is 6.54 Å². The largest absolute Gasteiger partial charge is 0.495 e. The van der Waals surface area contributed by atoms with Gasteiger partial charge in [-0.15, -0.1) is 0 Å². The van der Waals surface area contributed by atoms with Crippen LogP contribution in [0, 0.1) is 0 Å². The van der Waals surface area contributed by atoms with E-state index in [1.165, 1.54) is 0 Å². The maximum absolute atomic E-state index is 5.86. The van der Waals surface area contributed by atoms with Gasteiger partial charge < -0.3 is 19.2 Å². The molecule has 0 saturated carbocycles. The van der Waals surface area contributed by atoms with Crippen molar-refractivity contribution in [1.82, 2.24) is 0 Å². The molecule has 0 aliphatic heterocycles. The van der Waals surface area contributed by atoms with Crippen LogP contribution in [0.1, 0.15) is 5.76 Å². The Morgan fingerprint density at radius 1 is 0.952 bits per heavy atom. The Balaban J connectivity index is 1.82. The molecule has 0 saturated heterocycles. The Kier molecular flexibility index (Phi) is 3.69. The highest BCUT2D eigenvalue weighted by molar-refractivity contribution is 5.83. The van der Waals surface area contributed by atoms with Gasteiger partial charge in [0.05, 0.1) is 26.5 Å². The average molecular weight is 283 g/mol. The van der Waals surface area contributed by atoms with Gasteiger partial charge in [0.2, 0.25) is 0 Å². The van der Waals surface area contributed by atoms with Crippen molar-refractivity contribution in [2.75, 3.05) is 19.5 Å². The highest BCUT2D eigenvalue weighted by Gasteiger charge is 2.09. The van der Waals surface area contributed by atoms with Crippen molar-refractivity contribution in [3.63, 3.8) is 0 Å². The second-order valence-electron chi connectivity index (χ2n) is 4.65. The lowest BCUT2D eigenvalue weighted by Gasteiger charge is -2.09. The number of rotatable bonds is 5. The minimum atomic E-state index is 0.582. The lowest BCUT2D eigenvalue weighted by molar-refractivity contribution is 0.407. The molecule has 0 aliphatic rings. The molecule has 0 radical (unpaired) electrons. The van der Waals surface area contributed by atoms with E-state index < -0.39 is 0 Å². The van der Waals surface area contributed by atoms with Crippen LogP contribution in [0.4, 0.5) is 5.69 Å². The summed E-state index contributed by atoms with van der Waals surface area (Å²) in [7, 11) is 3.30. The molecule has 0 aliphatic carbocycles. The molecule has 0 atom stereocenters. The van der Waals surface area contributed by atoms with Crippen LogP contribution in [0.25, 0.3) is 11.0 Å². The molecule has 0 amide bonds. The molecule has 108 valence electrons. The van der Waals surface area contributed by atoms with E-state index in [4.69, 9.17) is 13.9 Å². The van der Waals surface area contributed by atoms with Gasteiger partial charge in [0, 0.05) is 5.39 Å². The Morgan fingerprint density at radius 3 is 2.52 bits per heavy atom. The first-order chi connectivity index (χ1) is 10.3. The summed E-state index contributed by atoms with van der Waals surface area (Å²) in [5.74, 6) is 2.41. The minimum absolute atomic E-state index is 0.582. The van der Waals surface area contributed by atoms with Gasteiger partial charge in [0.1, 0.15) is 11.5 Å². The highest BCUT2D eigenvalue weighted by atomic mass is 16.5. The van der Waals surface area contributed by atoms with E-state index in [0.29, 0.717) is 6.54 Å². The van der Waals surface area contributed by atoms with Gasteiger partial charge in [0.25, 0.3) is 0 Å². The van der Waals surface area contributed by atoms with Gasteiger partial charge in [-0.1, -0.05) is 24.3 Å². The van der Waals surface area contributed by atoms with E-state index in [1.54, 1.807) is 14.2 Å². The third-order valence-electron chi connectivity index (χ3n) is 3.34. The van der Waals surface area contributed by atoms with Crippen molar-refractivity contribution in [3.05, 3.63) is 54.3 Å². The quantitative estimate of drug-likeness (QED) is 0.766. The zero-order chi connectivity index (χ0) is 14.7. The number of hydrogen-bond donors (Lipinski definition) is 1. The molecule has 1 heterocycles. The van der Waals surface area contributed by atoms with E-state index in [1.807, 2.05) is 48.5 Å². The summed E-state index contributed by atoms with van der Waals surface area (Å²) < 4.78 is 16.5. The number of hydrogen-bond acceptors (Lipinski definition) is 4. The average Bonchev–Trinajstić information content (AvgIpc) is 2.96. The van der Waals surface area contributed by atoms with E-state index in [9.17, 15) is 0 Å². The molecule has 3 rings (SSSR count). The zero-order valence-corrected chi connectivity index (χ0v) is 12.1. The van der Waals surface area contributed by atoms with Crippen molar-refractivity contribution >= 4 is 16.7 Å². The monoisotopic (exact) mass is 283 g/mol. The Hall–Kier alpha value is -2.62. The molecule has 0 fully saturated rings. The number of benzene rings is 2. The highest BCUT2D eigenvalue weighted by Crippen LogP contribution is 2.29. The van der Waals surface area contributed by atoms with Gasteiger partial charge in [-0.05, 0) is 24.3 Å². The second-order valence-corrected chi connectivity index (χ2v) is 4.65. The standard InChI is InChI=1S/C17H17NO3/c1-19-15-8-4-3-7-14(15)18-11-13-10-12-6-5-9-16(20-2)17(12)21-13/h3-10,18H,11H2,1-2H3. The van der Waals surface area contributed by atoms with Gasteiger partial charge in [-0.3, -0.25) is 0 Å². The van der Waals surface area contributed by atoms with Crippen LogP contribution in [0.2, 0.25) is 0 Å². The molecule has 21 heavy (non-hydrogen) atoms. The first kappa shape index (κ1) is 13.4. The molecule has 1 N–H and O–H groups in total. The molecule has 0 spiro atoms. The van der Waals surface area contributed by atoms with Crippen LogP contribution in [0.3, 0.4) is 0 Å². The summed E-state index contributed by atoms with van der Waals surface area (Å²) in [5, 5.41) is 4.35. The predicted molar refractivity (Wildman–Crippen MR) is 83.1 cm³/mol. The molecular formula is C17H17NO3. The smallest absolute Gasteiger partial charge is 0.176 e. The van der Waals surface area contributed by atoms with Gasteiger partial charge in [-0.25, -0.2) is 0 Å². The molecule has 0 bridgehead atoms. The summed E-state index contributed by atoms with van der Waals surface area (Å²) in [4.78, 5) is 0. The molecule has 4 nitrogen and oxygen atoms in total. The Bertz CT molecular complexity index is 749. The summed E-state index contributed by atoms with van der Waals surface area (Å²) in [6, 6.07) is 15.7. The topological polar surface area (TPSA) is 43.6 Å². The maximum Gasteiger partial charge on any atom is 0.176 e. The number of nitrogens with one attached hydrogen (secondary N) is 1. The normalized spacial score (nSPS) is 10.6. The molecule has 3 aromatic rings. The van der Waals surface area contributed by atoms with Gasteiger partial charge >= 0.3 is 0 Å². The van der Waals surface area contributed by atoms with Crippen LogP contribution >= 0.6 is 0 Å². The third-order valence-corrected chi connectivity index (χ3v) is 3.34. The van der Waals surface area contributed by atoms with Crippen molar-refractivity contribution in [2.24, 2.45) is 0 Å². The molecule has 4 heteroatoms. The van der Waals surface area contributed by atoms with Crippen LogP contribution in [-0.4, -0.2) is 14.2 Å². The van der Waals surface area contributed by atoms with Crippen molar-refractivity contribution in [1.29, 1.82) is 0 Å². The summed E-state index contributed by atoms with van der Waals surface area (Å²) in [6.45, 7) is 0.582. The second kappa shape index (κ2) is 5.79. The maximum atomic E-state index is 5.86. The number of ether oxygens (including phenoxy) is 2.